The summed E-state index contributed by atoms with van der Waals surface area (Å²) in [6, 6.07) is 16.4. The number of aromatic nitrogens is 3. The van der Waals surface area contributed by atoms with E-state index in [1.54, 1.807) is 30.5 Å². The molecule has 35 heavy (non-hydrogen) atoms. The second-order valence-corrected chi connectivity index (χ2v) is 8.39. The van der Waals surface area contributed by atoms with Gasteiger partial charge in [0, 0.05) is 30.2 Å². The quantitative estimate of drug-likeness (QED) is 0.294. The van der Waals surface area contributed by atoms with Crippen LogP contribution in [-0.2, 0) is 17.5 Å². The molecule has 3 heterocycles. The van der Waals surface area contributed by atoms with Crippen molar-refractivity contribution in [2.75, 3.05) is 11.4 Å². The zero-order valence-electron chi connectivity index (χ0n) is 19.0. The minimum Gasteiger partial charge on any atom is -0.318 e. The lowest BCUT2D eigenvalue weighted by molar-refractivity contribution is -0.137. The Labute approximate surface area is 199 Å². The maximum Gasteiger partial charge on any atom is 0.416 e. The van der Waals surface area contributed by atoms with E-state index >= 15 is 0 Å². The van der Waals surface area contributed by atoms with Gasteiger partial charge < -0.3 is 9.13 Å². The van der Waals surface area contributed by atoms with Gasteiger partial charge in [0.15, 0.2) is 0 Å². The summed E-state index contributed by atoms with van der Waals surface area (Å²) in [5.41, 5.74) is 3.11. The molecule has 1 aliphatic rings. The first-order valence-electron chi connectivity index (χ1n) is 10.9. The summed E-state index contributed by atoms with van der Waals surface area (Å²) in [6.45, 7) is 4.48. The molecular formula is C26H20F3N5O. The number of fused-ring (bicyclic) bond motifs is 3. The van der Waals surface area contributed by atoms with E-state index in [4.69, 9.17) is 0 Å². The predicted molar refractivity (Wildman–Crippen MR) is 126 cm³/mol. The van der Waals surface area contributed by atoms with E-state index < -0.39 is 17.6 Å². The number of carbonyl (C=O) groups is 1. The van der Waals surface area contributed by atoms with Crippen LogP contribution in [-0.4, -0.2) is 26.6 Å². The van der Waals surface area contributed by atoms with Crippen molar-refractivity contribution in [1.82, 2.24) is 14.1 Å². The molecule has 2 aromatic carbocycles. The summed E-state index contributed by atoms with van der Waals surface area (Å²) in [5, 5.41) is 9.79. The van der Waals surface area contributed by atoms with Crippen LogP contribution < -0.4 is 4.90 Å². The van der Waals surface area contributed by atoms with Gasteiger partial charge in [0.1, 0.15) is 11.6 Å². The highest BCUT2D eigenvalue weighted by Crippen LogP contribution is 2.32. The zero-order valence-corrected chi connectivity index (χ0v) is 19.0. The van der Waals surface area contributed by atoms with E-state index in [0.29, 0.717) is 41.7 Å². The predicted octanol–water partition coefficient (Wildman–Crippen LogP) is 5.42. The molecule has 4 aromatic rings. The average molecular weight is 475 g/mol. The fourth-order valence-corrected chi connectivity index (χ4v) is 4.58. The van der Waals surface area contributed by atoms with Crippen LogP contribution in [0.5, 0.6) is 0 Å². The van der Waals surface area contributed by atoms with Crippen LogP contribution in [0.15, 0.2) is 60.2 Å². The molecule has 0 saturated heterocycles. The van der Waals surface area contributed by atoms with E-state index in [1.807, 2.05) is 34.9 Å². The van der Waals surface area contributed by atoms with Crippen LogP contribution in [0.25, 0.3) is 22.8 Å². The molecule has 0 spiro atoms. The van der Waals surface area contributed by atoms with E-state index in [9.17, 15) is 23.2 Å². The number of rotatable bonds is 3. The van der Waals surface area contributed by atoms with Crippen molar-refractivity contribution in [2.45, 2.75) is 26.6 Å². The third kappa shape index (κ3) is 3.77. The Morgan fingerprint density at radius 1 is 1.09 bits per heavy atom. The van der Waals surface area contributed by atoms with Crippen molar-refractivity contribution in [2.24, 2.45) is 0 Å². The normalized spacial score (nSPS) is 13.8. The minimum absolute atomic E-state index is 0.0743. The number of carbonyl (C=O) groups excluding carboxylic acids is 1. The summed E-state index contributed by atoms with van der Waals surface area (Å²) < 4.78 is 43.3. The third-order valence-electron chi connectivity index (χ3n) is 6.22. The summed E-state index contributed by atoms with van der Waals surface area (Å²) in [5.74, 6) is 0.0252. The molecule has 1 amide bonds. The Kier molecular flexibility index (Phi) is 5.24. The van der Waals surface area contributed by atoms with Gasteiger partial charge in [-0.1, -0.05) is 18.2 Å². The first-order valence-corrected chi connectivity index (χ1v) is 10.9. The van der Waals surface area contributed by atoms with Gasteiger partial charge in [-0.25, -0.2) is 4.98 Å². The third-order valence-corrected chi connectivity index (χ3v) is 6.22. The van der Waals surface area contributed by atoms with Crippen LogP contribution in [0.4, 0.5) is 19.1 Å². The number of halogens is 3. The van der Waals surface area contributed by atoms with Gasteiger partial charge in [-0.3, -0.25) is 9.69 Å². The molecule has 0 N–H and O–H groups in total. The summed E-state index contributed by atoms with van der Waals surface area (Å²) in [6.07, 6.45) is -2.97. The van der Waals surface area contributed by atoms with Gasteiger partial charge in [0.25, 0.3) is 5.91 Å². The molecule has 0 fully saturated rings. The fraction of sp³-hybridized carbons (Fsp3) is 0.192. The number of benzene rings is 2. The Balaban J connectivity index is 1.51. The van der Waals surface area contributed by atoms with Gasteiger partial charge >= 0.3 is 6.18 Å². The van der Waals surface area contributed by atoms with Crippen LogP contribution in [0, 0.1) is 25.2 Å². The summed E-state index contributed by atoms with van der Waals surface area (Å²) in [4.78, 5) is 19.3. The first-order chi connectivity index (χ1) is 16.7. The van der Waals surface area contributed by atoms with Crippen molar-refractivity contribution < 1.29 is 18.0 Å². The molecule has 176 valence electrons. The van der Waals surface area contributed by atoms with Crippen LogP contribution >= 0.6 is 0 Å². The number of alkyl halides is 3. The largest absolute Gasteiger partial charge is 0.416 e. The number of imidazole rings is 1. The molecule has 6 nitrogen and oxygen atoms in total. The minimum atomic E-state index is -4.46. The number of amides is 1. The molecule has 0 unspecified atom stereocenters. The second kappa shape index (κ2) is 8.17. The lowest BCUT2D eigenvalue weighted by atomic mass is 10.1. The number of hydrogen-bond acceptors (Lipinski definition) is 3. The van der Waals surface area contributed by atoms with E-state index in [0.717, 1.165) is 23.2 Å². The lowest BCUT2D eigenvalue weighted by Crippen LogP contribution is -2.30. The highest BCUT2D eigenvalue weighted by atomic mass is 19.4. The standard InChI is InChI=1S/C26H20F3N5O/c1-16-12-18(17(2)34(16)21-7-5-6-20(14-21)26(27,28)29)13-19(15-30)24(35)33-11-10-32-23-9-4-3-8-22(23)31-25(32)33/h3-9,12-14H,10-11H2,1-2H3/b19-13+. The summed E-state index contributed by atoms with van der Waals surface area (Å²) >= 11 is 0. The Morgan fingerprint density at radius 3 is 2.60 bits per heavy atom. The second-order valence-electron chi connectivity index (χ2n) is 8.39. The van der Waals surface area contributed by atoms with Crippen LogP contribution in [0.2, 0.25) is 0 Å². The number of aryl methyl sites for hydroxylation is 1. The Hall–Kier alpha value is -4.32. The summed E-state index contributed by atoms with van der Waals surface area (Å²) in [7, 11) is 0. The van der Waals surface area contributed by atoms with Gasteiger partial charge in [-0.15, -0.1) is 0 Å². The molecular weight excluding hydrogens is 455 g/mol. The van der Waals surface area contributed by atoms with Gasteiger partial charge in [-0.2, -0.15) is 18.4 Å². The van der Waals surface area contributed by atoms with Crippen molar-refractivity contribution in [3.8, 4) is 11.8 Å². The monoisotopic (exact) mass is 475 g/mol. The highest BCUT2D eigenvalue weighted by molar-refractivity contribution is 6.11. The number of nitrogens with zero attached hydrogens (tertiary/aromatic N) is 5. The first kappa shape index (κ1) is 22.5. The molecule has 0 saturated carbocycles. The average Bonchev–Trinajstić information content (AvgIpc) is 3.48. The number of anilines is 1. The molecule has 2 aromatic heterocycles. The number of hydrogen-bond donors (Lipinski definition) is 0. The van der Waals surface area contributed by atoms with Gasteiger partial charge in [-0.05, 0) is 61.9 Å². The van der Waals surface area contributed by atoms with Gasteiger partial charge in [0.2, 0.25) is 5.95 Å². The lowest BCUT2D eigenvalue weighted by Gasteiger charge is -2.14. The smallest absolute Gasteiger partial charge is 0.318 e. The maximum atomic E-state index is 13.3. The highest BCUT2D eigenvalue weighted by Gasteiger charge is 2.32. The SMILES string of the molecule is Cc1cc(/C=C(\C#N)C(=O)N2CCn3c2nc2ccccc23)c(C)n1-c1cccc(C(F)(F)F)c1. The van der Waals surface area contributed by atoms with Crippen LogP contribution in [0.3, 0.4) is 0 Å². The van der Waals surface area contributed by atoms with Crippen molar-refractivity contribution in [1.29, 1.82) is 5.26 Å². The number of nitriles is 1. The van der Waals surface area contributed by atoms with E-state index in [2.05, 4.69) is 4.98 Å². The molecule has 0 aliphatic carbocycles. The molecule has 9 heteroatoms. The molecule has 5 rings (SSSR count). The van der Waals surface area contributed by atoms with Gasteiger partial charge in [0.05, 0.1) is 16.6 Å². The molecule has 1 aliphatic heterocycles. The van der Waals surface area contributed by atoms with Crippen molar-refractivity contribution in [3.05, 3.63) is 82.7 Å². The molecule has 0 radical (unpaired) electrons. The topological polar surface area (TPSA) is 66.8 Å². The van der Waals surface area contributed by atoms with Crippen molar-refractivity contribution in [3.63, 3.8) is 0 Å². The zero-order chi connectivity index (χ0) is 24.9. The van der Waals surface area contributed by atoms with Crippen molar-refractivity contribution >= 4 is 29.0 Å². The number of para-hydroxylation sites is 2. The Morgan fingerprint density at radius 2 is 1.86 bits per heavy atom. The van der Waals surface area contributed by atoms with Crippen LogP contribution in [0.1, 0.15) is 22.5 Å². The Bertz CT molecular complexity index is 1550. The molecule has 0 atom stereocenters. The fourth-order valence-electron chi connectivity index (χ4n) is 4.58. The van der Waals surface area contributed by atoms with E-state index in [-0.39, 0.29) is 5.57 Å². The van der Waals surface area contributed by atoms with E-state index in [1.165, 1.54) is 17.0 Å². The maximum absolute atomic E-state index is 13.3. The molecule has 0 bridgehead atoms.